The lowest BCUT2D eigenvalue weighted by atomic mass is 10.0. The molecule has 328 valence electrons. The topological polar surface area (TPSA) is 108 Å². The van der Waals surface area contributed by atoms with Crippen molar-refractivity contribution in [2.75, 3.05) is 40.9 Å². The summed E-state index contributed by atoms with van der Waals surface area (Å²) < 4.78 is 23.2. The van der Waals surface area contributed by atoms with Gasteiger partial charge >= 0.3 is 0 Å². The molecule has 0 aromatic rings. The van der Waals surface area contributed by atoms with Crippen LogP contribution >= 0.6 is 7.82 Å². The second-order valence-corrected chi connectivity index (χ2v) is 18.9. The summed E-state index contributed by atoms with van der Waals surface area (Å²) in [6.45, 7) is 4.68. The van der Waals surface area contributed by atoms with Gasteiger partial charge in [-0.25, -0.2) is 0 Å². The molecule has 8 nitrogen and oxygen atoms in total. The molecule has 0 aromatic carbocycles. The van der Waals surface area contributed by atoms with Crippen molar-refractivity contribution in [2.45, 2.75) is 238 Å². The van der Waals surface area contributed by atoms with E-state index in [1.807, 2.05) is 21.1 Å². The molecule has 0 spiro atoms. The molecule has 0 radical (unpaired) electrons. The highest BCUT2D eigenvalue weighted by Crippen LogP contribution is 2.38. The monoisotopic (exact) mass is 801 g/mol. The molecule has 55 heavy (non-hydrogen) atoms. The number of nitrogens with zero attached hydrogens (tertiary/aromatic N) is 1. The summed E-state index contributed by atoms with van der Waals surface area (Å²) in [7, 11) is 1.30. The van der Waals surface area contributed by atoms with E-state index in [-0.39, 0.29) is 19.1 Å². The number of unbranched alkanes of at least 4 members (excludes halogenated alkanes) is 28. The molecule has 0 saturated heterocycles. The summed E-state index contributed by atoms with van der Waals surface area (Å²) in [6.07, 6.45) is 43.8. The van der Waals surface area contributed by atoms with Crippen LogP contribution in [0.3, 0.4) is 0 Å². The third-order valence-electron chi connectivity index (χ3n) is 10.8. The number of allylic oxidation sites excluding steroid dienone is 2. The number of aliphatic hydroxyl groups is 1. The molecule has 9 heteroatoms. The molecule has 3 atom stereocenters. The summed E-state index contributed by atoms with van der Waals surface area (Å²) in [4.78, 5) is 25.3. The quantitative estimate of drug-likeness (QED) is 0.0275. The van der Waals surface area contributed by atoms with Crippen molar-refractivity contribution >= 4 is 13.7 Å². The Kier molecular flexibility index (Phi) is 38.2. The van der Waals surface area contributed by atoms with Crippen molar-refractivity contribution in [3.05, 3.63) is 12.2 Å². The smallest absolute Gasteiger partial charge is 0.268 e. The molecule has 3 unspecified atom stereocenters. The standard InChI is InChI=1S/C46H93N2O6P/c1-6-8-10-12-14-16-18-19-20-21-22-23-24-25-26-27-28-29-30-31-33-35-37-39-45(49)44(43-54-55(51,52)53-42-41-48(3,4)5)47-46(50)40-38-36-34-32-17-15-13-11-9-7-2/h13,15,44-45,49H,6-12,14,16-43H2,1-5H3,(H-,47,50,51,52)/b15-13-. The van der Waals surface area contributed by atoms with Gasteiger partial charge in [0.15, 0.2) is 0 Å². The summed E-state index contributed by atoms with van der Waals surface area (Å²) in [5.74, 6) is -0.178. The Hall–Kier alpha value is -0.760. The number of hydrogen-bond acceptors (Lipinski definition) is 6. The van der Waals surface area contributed by atoms with Crippen molar-refractivity contribution in [2.24, 2.45) is 0 Å². The lowest BCUT2D eigenvalue weighted by Crippen LogP contribution is -2.46. The minimum absolute atomic E-state index is 0.0118. The molecule has 0 aliphatic rings. The Labute approximate surface area is 342 Å². The molecule has 0 saturated carbocycles. The van der Waals surface area contributed by atoms with Crippen LogP contribution in [0.5, 0.6) is 0 Å². The third kappa shape index (κ3) is 41.2. The normalized spacial score (nSPS) is 14.4. The maximum absolute atomic E-state index is 12.8. The molecule has 0 bridgehead atoms. The van der Waals surface area contributed by atoms with E-state index in [1.54, 1.807) is 0 Å². The SMILES string of the molecule is CCCC/C=C\CCCCCCC(=O)NC(COP(=O)([O-])OCC[N+](C)(C)C)C(O)CCCCCCCCCCCCCCCCCCCCCCCCC. The number of carbonyl (C=O) groups is 1. The summed E-state index contributed by atoms with van der Waals surface area (Å²) >= 11 is 0. The molecule has 0 fully saturated rings. The average Bonchev–Trinajstić information content (AvgIpc) is 3.13. The highest BCUT2D eigenvalue weighted by molar-refractivity contribution is 7.45. The lowest BCUT2D eigenvalue weighted by molar-refractivity contribution is -0.870. The molecule has 0 aliphatic heterocycles. The first-order valence-electron chi connectivity index (χ1n) is 23.5. The van der Waals surface area contributed by atoms with Crippen molar-refractivity contribution < 1.29 is 32.9 Å². The van der Waals surface area contributed by atoms with E-state index in [1.165, 1.54) is 141 Å². The molecule has 0 heterocycles. The van der Waals surface area contributed by atoms with E-state index in [4.69, 9.17) is 9.05 Å². The van der Waals surface area contributed by atoms with Crippen LogP contribution in [0, 0.1) is 0 Å². The first-order chi connectivity index (χ1) is 26.5. The van der Waals surface area contributed by atoms with Crippen LogP contribution in [0.4, 0.5) is 0 Å². The van der Waals surface area contributed by atoms with Crippen molar-refractivity contribution in [3.8, 4) is 0 Å². The summed E-state index contributed by atoms with van der Waals surface area (Å²) in [5, 5.41) is 13.9. The van der Waals surface area contributed by atoms with Crippen LogP contribution in [0.15, 0.2) is 12.2 Å². The minimum Gasteiger partial charge on any atom is -0.756 e. The van der Waals surface area contributed by atoms with E-state index in [0.29, 0.717) is 23.9 Å². The Morgan fingerprint density at radius 2 is 1.02 bits per heavy atom. The summed E-state index contributed by atoms with van der Waals surface area (Å²) in [5.41, 5.74) is 0. The number of hydrogen-bond donors (Lipinski definition) is 2. The number of phosphoric ester groups is 1. The average molecular weight is 801 g/mol. The third-order valence-corrected chi connectivity index (χ3v) is 11.7. The van der Waals surface area contributed by atoms with Crippen LogP contribution in [0.2, 0.25) is 0 Å². The molecule has 0 rings (SSSR count). The predicted molar refractivity (Wildman–Crippen MR) is 233 cm³/mol. The predicted octanol–water partition coefficient (Wildman–Crippen LogP) is 12.5. The van der Waals surface area contributed by atoms with Gasteiger partial charge in [-0.1, -0.05) is 199 Å². The molecular weight excluding hydrogens is 707 g/mol. The Bertz CT molecular complexity index is 911. The van der Waals surface area contributed by atoms with Gasteiger partial charge in [0.2, 0.25) is 5.91 Å². The van der Waals surface area contributed by atoms with Gasteiger partial charge in [-0.2, -0.15) is 0 Å². The number of nitrogens with one attached hydrogen (secondary N) is 1. The zero-order valence-corrected chi connectivity index (χ0v) is 38.0. The maximum atomic E-state index is 12.8. The molecule has 1 amide bonds. The molecule has 2 N–H and O–H groups in total. The first kappa shape index (κ1) is 54.2. The van der Waals surface area contributed by atoms with Crippen LogP contribution < -0.4 is 10.2 Å². The van der Waals surface area contributed by atoms with E-state index in [2.05, 4.69) is 31.3 Å². The van der Waals surface area contributed by atoms with Gasteiger partial charge in [0.25, 0.3) is 7.82 Å². The Balaban J connectivity index is 4.17. The van der Waals surface area contributed by atoms with Crippen LogP contribution in [-0.2, 0) is 18.4 Å². The van der Waals surface area contributed by atoms with Crippen molar-refractivity contribution in [1.29, 1.82) is 0 Å². The van der Waals surface area contributed by atoms with E-state index < -0.39 is 20.0 Å². The van der Waals surface area contributed by atoms with Crippen molar-refractivity contribution in [1.82, 2.24) is 5.32 Å². The highest BCUT2D eigenvalue weighted by Gasteiger charge is 2.24. The van der Waals surface area contributed by atoms with Gasteiger partial charge in [-0.05, 0) is 32.1 Å². The lowest BCUT2D eigenvalue weighted by Gasteiger charge is -2.30. The first-order valence-corrected chi connectivity index (χ1v) is 25.0. The van der Waals surface area contributed by atoms with Gasteiger partial charge in [0, 0.05) is 6.42 Å². The van der Waals surface area contributed by atoms with E-state index in [9.17, 15) is 19.4 Å². The zero-order valence-electron chi connectivity index (χ0n) is 37.1. The fourth-order valence-corrected chi connectivity index (χ4v) is 7.69. The molecule has 0 aromatic heterocycles. The fraction of sp³-hybridized carbons (Fsp3) is 0.935. The number of amides is 1. The van der Waals surface area contributed by atoms with E-state index >= 15 is 0 Å². The summed E-state index contributed by atoms with van der Waals surface area (Å²) in [6, 6.07) is -0.801. The van der Waals surface area contributed by atoms with Gasteiger partial charge < -0.3 is 28.8 Å². The van der Waals surface area contributed by atoms with Crippen molar-refractivity contribution in [3.63, 3.8) is 0 Å². The number of aliphatic hydroxyl groups excluding tert-OH is 1. The Morgan fingerprint density at radius 3 is 1.47 bits per heavy atom. The number of phosphoric acid groups is 1. The van der Waals surface area contributed by atoms with Gasteiger partial charge in [-0.3, -0.25) is 9.36 Å². The van der Waals surface area contributed by atoms with Crippen LogP contribution in [-0.4, -0.2) is 68.5 Å². The number of likely N-dealkylation sites (N-methyl/N-ethyl adjacent to an activating group) is 1. The van der Waals surface area contributed by atoms with Crippen LogP contribution in [0.1, 0.15) is 226 Å². The molecular formula is C46H93N2O6P. The van der Waals surface area contributed by atoms with Gasteiger partial charge in [0.1, 0.15) is 13.2 Å². The number of quaternary nitrogens is 1. The largest absolute Gasteiger partial charge is 0.756 e. The van der Waals surface area contributed by atoms with E-state index in [0.717, 1.165) is 57.8 Å². The second-order valence-electron chi connectivity index (χ2n) is 17.5. The van der Waals surface area contributed by atoms with Crippen LogP contribution in [0.25, 0.3) is 0 Å². The maximum Gasteiger partial charge on any atom is 0.268 e. The van der Waals surface area contributed by atoms with Gasteiger partial charge in [-0.15, -0.1) is 0 Å². The number of carbonyl (C=O) groups excluding carboxylic acids is 1. The molecule has 0 aliphatic carbocycles. The Morgan fingerprint density at radius 1 is 0.618 bits per heavy atom. The fourth-order valence-electron chi connectivity index (χ4n) is 6.96. The minimum atomic E-state index is -4.56. The highest BCUT2D eigenvalue weighted by atomic mass is 31.2. The van der Waals surface area contributed by atoms with Gasteiger partial charge in [0.05, 0.1) is 39.9 Å². The second kappa shape index (κ2) is 38.7. The number of rotatable bonds is 43. The zero-order chi connectivity index (χ0) is 40.7.